The van der Waals surface area contributed by atoms with E-state index in [0.717, 1.165) is 37.6 Å². The smallest absolute Gasteiger partial charge is 0.317 e. The molecular weight excluding hydrogens is 198 g/mol. The van der Waals surface area contributed by atoms with Gasteiger partial charge in [0, 0.05) is 31.4 Å². The maximum Gasteiger partial charge on any atom is 0.317 e. The number of carbonyl (C=O) groups is 1. The first-order valence-electron chi connectivity index (χ1n) is 5.06. The van der Waals surface area contributed by atoms with Crippen molar-refractivity contribution < 1.29 is 4.79 Å². The van der Waals surface area contributed by atoms with E-state index in [1.54, 1.807) is 0 Å². The molecule has 0 bridgehead atoms. The average molecular weight is 217 g/mol. The third-order valence-corrected chi connectivity index (χ3v) is 3.16. The van der Waals surface area contributed by atoms with Crippen LogP contribution >= 0.6 is 11.8 Å². The number of nitrogens with two attached hydrogens (primary N) is 1. The van der Waals surface area contributed by atoms with Gasteiger partial charge in [0.25, 0.3) is 0 Å². The molecule has 0 spiro atoms. The monoisotopic (exact) mass is 217 g/mol. The first-order chi connectivity index (χ1) is 6.70. The lowest BCUT2D eigenvalue weighted by Gasteiger charge is -2.13. The number of nitrogens with zero attached hydrogens (tertiary/aromatic N) is 1. The van der Waals surface area contributed by atoms with Gasteiger partial charge in [0.05, 0.1) is 0 Å². The standard InChI is InChI=1S/C9H19N3OS/c1-8(10)2-6-14-7-5-12-4-3-11-9(12)13/h8H,2-7,10H2,1H3,(H,11,13). The highest BCUT2D eigenvalue weighted by Crippen LogP contribution is 2.06. The van der Waals surface area contributed by atoms with Crippen molar-refractivity contribution in [2.45, 2.75) is 19.4 Å². The molecule has 3 N–H and O–H groups in total. The summed E-state index contributed by atoms with van der Waals surface area (Å²) in [6.07, 6.45) is 1.05. The molecule has 1 fully saturated rings. The van der Waals surface area contributed by atoms with E-state index < -0.39 is 0 Å². The van der Waals surface area contributed by atoms with Gasteiger partial charge in [-0.1, -0.05) is 0 Å². The number of amides is 2. The van der Waals surface area contributed by atoms with Crippen LogP contribution in [-0.4, -0.2) is 48.1 Å². The fourth-order valence-electron chi connectivity index (χ4n) is 1.27. The zero-order chi connectivity index (χ0) is 10.4. The Morgan fingerprint density at radius 1 is 1.64 bits per heavy atom. The minimum absolute atomic E-state index is 0.0813. The largest absolute Gasteiger partial charge is 0.336 e. The number of carbonyl (C=O) groups excluding carboxylic acids is 1. The first-order valence-corrected chi connectivity index (χ1v) is 6.21. The summed E-state index contributed by atoms with van der Waals surface area (Å²) in [6.45, 7) is 4.53. The van der Waals surface area contributed by atoms with Gasteiger partial charge < -0.3 is 16.0 Å². The highest BCUT2D eigenvalue weighted by atomic mass is 32.2. The number of urea groups is 1. The molecule has 1 aliphatic heterocycles. The fraction of sp³-hybridized carbons (Fsp3) is 0.889. The molecule has 0 aromatic rings. The SMILES string of the molecule is CC(N)CCSCCN1CCNC1=O. The molecule has 1 aliphatic rings. The van der Waals surface area contributed by atoms with Crippen molar-refractivity contribution in [2.24, 2.45) is 5.73 Å². The minimum atomic E-state index is 0.0813. The van der Waals surface area contributed by atoms with Crippen molar-refractivity contribution in [1.82, 2.24) is 10.2 Å². The van der Waals surface area contributed by atoms with E-state index in [0.29, 0.717) is 0 Å². The number of thioether (sulfide) groups is 1. The molecule has 2 amide bonds. The average Bonchev–Trinajstić information content (AvgIpc) is 2.51. The summed E-state index contributed by atoms with van der Waals surface area (Å²) >= 11 is 1.87. The second-order valence-corrected chi connectivity index (χ2v) is 4.82. The third-order valence-electron chi connectivity index (χ3n) is 2.17. The Bertz CT molecular complexity index is 187. The molecule has 1 heterocycles. The Morgan fingerprint density at radius 2 is 2.43 bits per heavy atom. The van der Waals surface area contributed by atoms with Crippen LogP contribution in [0.25, 0.3) is 0 Å². The van der Waals surface area contributed by atoms with E-state index in [1.165, 1.54) is 0 Å². The Hall–Kier alpha value is -0.420. The van der Waals surface area contributed by atoms with E-state index in [9.17, 15) is 4.79 Å². The summed E-state index contributed by atoms with van der Waals surface area (Å²) in [5, 5.41) is 2.79. The highest BCUT2D eigenvalue weighted by molar-refractivity contribution is 7.99. The summed E-state index contributed by atoms with van der Waals surface area (Å²) in [5.41, 5.74) is 5.63. The topological polar surface area (TPSA) is 58.4 Å². The molecular formula is C9H19N3OS. The number of hydrogen-bond acceptors (Lipinski definition) is 3. The van der Waals surface area contributed by atoms with E-state index >= 15 is 0 Å². The highest BCUT2D eigenvalue weighted by Gasteiger charge is 2.17. The molecule has 0 aliphatic carbocycles. The second kappa shape index (κ2) is 6.14. The molecule has 0 aromatic carbocycles. The minimum Gasteiger partial charge on any atom is -0.336 e. The molecule has 4 nitrogen and oxygen atoms in total. The van der Waals surface area contributed by atoms with Gasteiger partial charge in [-0.05, 0) is 19.1 Å². The van der Waals surface area contributed by atoms with E-state index in [2.05, 4.69) is 5.32 Å². The second-order valence-electron chi connectivity index (χ2n) is 3.60. The van der Waals surface area contributed by atoms with Gasteiger partial charge in [-0.15, -0.1) is 0 Å². The summed E-state index contributed by atoms with van der Waals surface area (Å²) in [6, 6.07) is 0.371. The molecule has 0 radical (unpaired) electrons. The van der Waals surface area contributed by atoms with Crippen LogP contribution in [-0.2, 0) is 0 Å². The lowest BCUT2D eigenvalue weighted by atomic mass is 10.3. The Balaban J connectivity index is 1.96. The predicted molar refractivity (Wildman–Crippen MR) is 60.6 cm³/mol. The normalized spacial score (nSPS) is 18.4. The molecule has 5 heteroatoms. The summed E-state index contributed by atoms with van der Waals surface area (Å²) < 4.78 is 0. The predicted octanol–water partition coefficient (Wildman–Crippen LogP) is 0.482. The number of nitrogens with one attached hydrogen (secondary N) is 1. The lowest BCUT2D eigenvalue weighted by Crippen LogP contribution is -2.30. The fourth-order valence-corrected chi connectivity index (χ4v) is 2.36. The van der Waals surface area contributed by atoms with Crippen LogP contribution in [0.1, 0.15) is 13.3 Å². The van der Waals surface area contributed by atoms with Crippen molar-refractivity contribution >= 4 is 17.8 Å². The number of hydrogen-bond donors (Lipinski definition) is 2. The van der Waals surface area contributed by atoms with Crippen LogP contribution in [0.2, 0.25) is 0 Å². The van der Waals surface area contributed by atoms with E-state index in [4.69, 9.17) is 5.73 Å². The molecule has 0 saturated carbocycles. The maximum atomic E-state index is 11.1. The van der Waals surface area contributed by atoms with E-state index in [1.807, 2.05) is 23.6 Å². The van der Waals surface area contributed by atoms with Crippen molar-refractivity contribution in [3.8, 4) is 0 Å². The van der Waals surface area contributed by atoms with Gasteiger partial charge in [0.2, 0.25) is 0 Å². The molecule has 1 atom stereocenters. The Kier molecular flexibility index (Phi) is 5.11. The van der Waals surface area contributed by atoms with Crippen LogP contribution < -0.4 is 11.1 Å². The Morgan fingerprint density at radius 3 is 3.00 bits per heavy atom. The lowest BCUT2D eigenvalue weighted by molar-refractivity contribution is 0.220. The quantitative estimate of drug-likeness (QED) is 0.636. The molecule has 14 heavy (non-hydrogen) atoms. The van der Waals surface area contributed by atoms with Gasteiger partial charge in [0.1, 0.15) is 0 Å². The summed E-state index contributed by atoms with van der Waals surface area (Å²) in [4.78, 5) is 13.0. The molecule has 0 aromatic heterocycles. The van der Waals surface area contributed by atoms with Crippen molar-refractivity contribution in [3.63, 3.8) is 0 Å². The van der Waals surface area contributed by atoms with Crippen LogP contribution in [0, 0.1) is 0 Å². The molecule has 1 saturated heterocycles. The Labute approximate surface area is 89.6 Å². The molecule has 1 unspecified atom stereocenters. The summed E-state index contributed by atoms with van der Waals surface area (Å²) in [5.74, 6) is 2.10. The van der Waals surface area contributed by atoms with Gasteiger partial charge >= 0.3 is 6.03 Å². The van der Waals surface area contributed by atoms with Gasteiger partial charge in [-0.3, -0.25) is 0 Å². The molecule has 1 rings (SSSR count). The van der Waals surface area contributed by atoms with Gasteiger partial charge in [0.15, 0.2) is 0 Å². The zero-order valence-corrected chi connectivity index (χ0v) is 9.48. The third kappa shape index (κ3) is 4.19. The van der Waals surface area contributed by atoms with Crippen LogP contribution in [0.15, 0.2) is 0 Å². The first kappa shape index (κ1) is 11.7. The van der Waals surface area contributed by atoms with Gasteiger partial charge in [-0.2, -0.15) is 11.8 Å². The van der Waals surface area contributed by atoms with Crippen LogP contribution in [0.5, 0.6) is 0 Å². The maximum absolute atomic E-state index is 11.1. The van der Waals surface area contributed by atoms with Crippen molar-refractivity contribution in [1.29, 1.82) is 0 Å². The summed E-state index contributed by atoms with van der Waals surface area (Å²) in [7, 11) is 0. The number of rotatable bonds is 6. The van der Waals surface area contributed by atoms with Crippen molar-refractivity contribution in [3.05, 3.63) is 0 Å². The van der Waals surface area contributed by atoms with Gasteiger partial charge in [-0.25, -0.2) is 4.79 Å². The van der Waals surface area contributed by atoms with Crippen molar-refractivity contribution in [2.75, 3.05) is 31.1 Å². The zero-order valence-electron chi connectivity index (χ0n) is 8.66. The van der Waals surface area contributed by atoms with Crippen LogP contribution in [0.4, 0.5) is 4.79 Å². The van der Waals surface area contributed by atoms with Crippen LogP contribution in [0.3, 0.4) is 0 Å². The molecule has 82 valence electrons. The van der Waals surface area contributed by atoms with E-state index in [-0.39, 0.29) is 12.1 Å².